The number of amides is 1. The normalized spacial score (nSPS) is 45.4. The van der Waals surface area contributed by atoms with Crippen molar-refractivity contribution in [2.45, 2.75) is 212 Å². The van der Waals surface area contributed by atoms with Gasteiger partial charge in [-0.25, -0.2) is 4.99 Å². The molecule has 5 fully saturated rings. The van der Waals surface area contributed by atoms with Gasteiger partial charge in [0.05, 0.1) is 32.8 Å². The average molecular weight is 966 g/mol. The molecule has 0 bridgehead atoms. The van der Waals surface area contributed by atoms with E-state index < -0.39 is 117 Å². The Morgan fingerprint density at radius 3 is 2.10 bits per heavy atom. The summed E-state index contributed by atoms with van der Waals surface area (Å²) in [6.45, 7) is 16.4. The molecule has 3 aliphatic heterocycles. The number of hydrogen-bond donors (Lipinski definition) is 10. The highest BCUT2D eigenvalue weighted by molar-refractivity contribution is 5.90. The molecule has 68 heavy (non-hydrogen) atoms. The molecule has 0 aromatic heterocycles. The molecule has 18 nitrogen and oxygen atoms in total. The number of hydrogen-bond acceptors (Lipinski definition) is 15. The molecule has 2 saturated carbocycles. The fourth-order valence-corrected chi connectivity index (χ4v) is 14.1. The van der Waals surface area contributed by atoms with Gasteiger partial charge in [0, 0.05) is 13.3 Å². The molecule has 3 heterocycles. The summed E-state index contributed by atoms with van der Waals surface area (Å²) in [4.78, 5) is 27.9. The first-order valence-corrected chi connectivity index (χ1v) is 24.9. The summed E-state index contributed by atoms with van der Waals surface area (Å²) in [5, 5.41) is 88.6. The zero-order valence-corrected chi connectivity index (χ0v) is 41.4. The van der Waals surface area contributed by atoms with E-state index in [1.807, 2.05) is 13.8 Å². The van der Waals surface area contributed by atoms with Crippen LogP contribution in [0.3, 0.4) is 0 Å². The Hall–Kier alpha value is -2.43. The first-order valence-electron chi connectivity index (χ1n) is 24.9. The lowest BCUT2D eigenvalue weighted by Crippen LogP contribution is -2.89. The molecule has 1 amide bonds. The number of ketones is 1. The molecule has 4 aliphatic carbocycles. The van der Waals surface area contributed by atoms with Crippen molar-refractivity contribution in [3.8, 4) is 0 Å². The molecular weight excluding hydrogens is 885 g/mol. The highest BCUT2D eigenvalue weighted by Gasteiger charge is 2.61. The highest BCUT2D eigenvalue weighted by Crippen LogP contribution is 2.68. The number of allylic oxidation sites excluding steroid dienone is 4. The minimum atomic E-state index is -1.65. The third-order valence-corrected chi connectivity index (χ3v) is 17.4. The van der Waals surface area contributed by atoms with Crippen LogP contribution in [-0.4, -0.2) is 170 Å². The van der Waals surface area contributed by atoms with Gasteiger partial charge in [-0.15, -0.1) is 0 Å². The van der Waals surface area contributed by atoms with Crippen molar-refractivity contribution in [2.24, 2.45) is 39.9 Å². The summed E-state index contributed by atoms with van der Waals surface area (Å²) in [7, 11) is 0. The van der Waals surface area contributed by atoms with Gasteiger partial charge >= 0.3 is 5.90 Å². The Kier molecular flexibility index (Phi) is 16.5. The lowest BCUT2D eigenvalue weighted by molar-refractivity contribution is -0.571. The third kappa shape index (κ3) is 10.2. The Morgan fingerprint density at radius 1 is 0.809 bits per heavy atom. The van der Waals surface area contributed by atoms with E-state index in [-0.39, 0.29) is 35.0 Å². The molecule has 0 unspecified atom stereocenters. The molecule has 21 atom stereocenters. The molecule has 0 spiro atoms. The molecule has 0 radical (unpaired) electrons. The second-order valence-corrected chi connectivity index (χ2v) is 22.5. The molecule has 18 heteroatoms. The fourth-order valence-electron chi connectivity index (χ4n) is 14.1. The topological polar surface area (TPSA) is 277 Å². The van der Waals surface area contributed by atoms with E-state index >= 15 is 0 Å². The van der Waals surface area contributed by atoms with Crippen molar-refractivity contribution in [3.63, 3.8) is 0 Å². The molecule has 3 saturated heterocycles. The van der Waals surface area contributed by atoms with Crippen LogP contribution < -0.4 is 10.3 Å². The summed E-state index contributed by atoms with van der Waals surface area (Å²) < 4.78 is 37.9. The fraction of sp³-hybridized carbons (Fsp3) is 0.860. The van der Waals surface area contributed by atoms with E-state index in [2.05, 4.69) is 44.9 Å². The maximum Gasteiger partial charge on any atom is 0.329 e. The molecule has 386 valence electrons. The molecular formula is C50H81N2O16+. The van der Waals surface area contributed by atoms with Crippen LogP contribution in [0, 0.1) is 39.9 Å². The first-order chi connectivity index (χ1) is 32.0. The van der Waals surface area contributed by atoms with Gasteiger partial charge in [-0.05, 0) is 111 Å². The van der Waals surface area contributed by atoms with Gasteiger partial charge < -0.3 is 74.6 Å². The van der Waals surface area contributed by atoms with Crippen molar-refractivity contribution < 1.29 is 83.9 Å². The Bertz CT molecular complexity index is 1900. The predicted octanol–water partition coefficient (Wildman–Crippen LogP) is 0.588. The molecule has 10 N–H and O–H groups in total. The minimum Gasteiger partial charge on any atom is -0.464 e. The average Bonchev–Trinajstić information content (AvgIpc) is 3.62. The van der Waals surface area contributed by atoms with E-state index in [1.165, 1.54) is 13.8 Å². The van der Waals surface area contributed by atoms with Crippen molar-refractivity contribution in [1.82, 2.24) is 5.32 Å². The Labute approximate surface area is 400 Å². The number of nitrogens with one attached hydrogen (secondary N) is 2. The van der Waals surface area contributed by atoms with Crippen LogP contribution in [0.15, 0.2) is 22.8 Å². The van der Waals surface area contributed by atoms with Gasteiger partial charge in [0.2, 0.25) is 18.2 Å². The quantitative estimate of drug-likeness (QED) is 0.0494. The zero-order chi connectivity index (χ0) is 49.8. The summed E-state index contributed by atoms with van der Waals surface area (Å²) in [6.07, 6.45) is -7.87. The molecule has 7 aliphatic rings. The lowest BCUT2D eigenvalue weighted by Gasteiger charge is -2.61. The minimum absolute atomic E-state index is 0.0829. The smallest absolute Gasteiger partial charge is 0.329 e. The van der Waals surface area contributed by atoms with Crippen molar-refractivity contribution in [3.05, 3.63) is 22.8 Å². The molecule has 0 aromatic rings. The van der Waals surface area contributed by atoms with E-state index in [0.717, 1.165) is 50.5 Å². The number of ether oxygens (including phenoxy) is 6. The number of fused-ring (bicyclic) bond motifs is 4. The van der Waals surface area contributed by atoms with Crippen molar-refractivity contribution in [2.75, 3.05) is 19.8 Å². The SMILES string of the molecule is CC(=O)N[C@H]1[C@H](O[C@H]2[C@H](O[C@H]3CC[C@]4(C)C5=C(CC[C@H]4C3(C)C)[C@@H]3CC[C@H]([C@H](C)CC(=O)C=C(C)C)[C@@]3(C)CC5)OC[C@@H](O[C@@H]3O[C@H](CO)[C@H](O)[C@H](O)[C@H]3[NH+]=C(C)O)[C@@H]2O)O[C@H](CO)[C@@H](O)[C@@H]1O. The van der Waals surface area contributed by atoms with E-state index in [1.54, 1.807) is 17.2 Å². The summed E-state index contributed by atoms with van der Waals surface area (Å²) in [5.74, 6) is 0.823. The van der Waals surface area contributed by atoms with Gasteiger partial charge in [0.1, 0.15) is 61.0 Å². The first kappa shape index (κ1) is 53.4. The summed E-state index contributed by atoms with van der Waals surface area (Å²) in [5.41, 5.74) is 3.90. The Morgan fingerprint density at radius 2 is 1.47 bits per heavy atom. The maximum atomic E-state index is 12.9. The van der Waals surface area contributed by atoms with Crippen LogP contribution in [0.1, 0.15) is 120 Å². The largest absolute Gasteiger partial charge is 0.464 e. The zero-order valence-electron chi connectivity index (χ0n) is 41.4. The Balaban J connectivity index is 1.14. The van der Waals surface area contributed by atoms with Gasteiger partial charge in [-0.1, -0.05) is 51.3 Å². The van der Waals surface area contributed by atoms with Crippen molar-refractivity contribution in [1.29, 1.82) is 0 Å². The van der Waals surface area contributed by atoms with Crippen LogP contribution >= 0.6 is 0 Å². The number of aliphatic hydroxyl groups is 8. The maximum absolute atomic E-state index is 12.9. The highest BCUT2D eigenvalue weighted by atomic mass is 16.8. The third-order valence-electron chi connectivity index (χ3n) is 17.4. The second-order valence-electron chi connectivity index (χ2n) is 22.5. The number of carbonyl (C=O) groups is 2. The van der Waals surface area contributed by atoms with Gasteiger partial charge in [0.15, 0.2) is 18.4 Å². The van der Waals surface area contributed by atoms with Crippen LogP contribution in [0.2, 0.25) is 0 Å². The predicted molar refractivity (Wildman–Crippen MR) is 244 cm³/mol. The van der Waals surface area contributed by atoms with Crippen LogP contribution in [0.5, 0.6) is 0 Å². The van der Waals surface area contributed by atoms with Crippen LogP contribution in [0.25, 0.3) is 0 Å². The standard InChI is InChI=1S/C50H80N2O16/c1-23(2)18-27(57)19-24(3)29-11-12-30-28-10-13-35-48(6,7)36(15-17-50(35,9)31(28)14-16-49(29,30)8)67-47-44(68-46-38(52-26(5)56)43(62)40(59)33(21-54)65-46)41(60)34(22-63-47)66-45-37(51-25(4)55)42(61)39(58)32(20-53)64-45/h18,24,29-30,32-47,53-54,58-62H,10-17,19-22H2,1-9H3,(H,51,55)(H,52,56)/p+1/t24-,29-,30+,32-,33-,34-,35+,36+,37-,38-,39+,40-,41+,42-,43-,44-,45+,46+,47+,49-,50-/m1/s1. The van der Waals surface area contributed by atoms with E-state index in [9.17, 15) is 50.4 Å². The summed E-state index contributed by atoms with van der Waals surface area (Å²) in [6, 6.07) is -2.63. The number of rotatable bonds is 14. The van der Waals surface area contributed by atoms with E-state index in [0.29, 0.717) is 30.6 Å². The lowest BCUT2D eigenvalue weighted by atomic mass is 9.45. The van der Waals surface area contributed by atoms with Gasteiger partial charge in [-0.3, -0.25) is 9.59 Å². The monoisotopic (exact) mass is 966 g/mol. The van der Waals surface area contributed by atoms with Gasteiger partial charge in [-0.2, -0.15) is 0 Å². The van der Waals surface area contributed by atoms with E-state index in [4.69, 9.17) is 28.4 Å². The summed E-state index contributed by atoms with van der Waals surface area (Å²) >= 11 is 0. The molecule has 7 rings (SSSR count). The van der Waals surface area contributed by atoms with Crippen LogP contribution in [0.4, 0.5) is 0 Å². The number of carbonyl (C=O) groups excluding carboxylic acids is 2. The van der Waals surface area contributed by atoms with Gasteiger partial charge in [0.25, 0.3) is 0 Å². The van der Waals surface area contributed by atoms with Crippen LogP contribution in [-0.2, 0) is 38.0 Å². The molecule has 0 aromatic carbocycles. The second kappa shape index (κ2) is 21.0. The number of aliphatic hydroxyl groups excluding tert-OH is 8. The van der Waals surface area contributed by atoms with Crippen molar-refractivity contribution >= 4 is 17.6 Å².